The van der Waals surface area contributed by atoms with Crippen molar-refractivity contribution in [3.05, 3.63) is 161 Å². The summed E-state index contributed by atoms with van der Waals surface area (Å²) in [5, 5.41) is 26.2. The Hall–Kier alpha value is -4.04. The van der Waals surface area contributed by atoms with Crippen LogP contribution in [0.4, 0.5) is 0 Å². The van der Waals surface area contributed by atoms with Crippen LogP contribution in [-0.2, 0) is 0 Å². The quantitative estimate of drug-likeness (QED) is 0.0701. The highest BCUT2D eigenvalue weighted by Crippen LogP contribution is 2.44. The van der Waals surface area contributed by atoms with Gasteiger partial charge in [-0.25, -0.2) is 0 Å². The first-order valence-corrected chi connectivity index (χ1v) is 27.7. The van der Waals surface area contributed by atoms with Crippen molar-refractivity contribution < 1.29 is 14.6 Å². The zero-order chi connectivity index (χ0) is 46.3. The molecule has 0 aliphatic carbocycles. The SMILES string of the molecule is C.C=CC1CN2CCC1CC2[C@@H](C)c1ccnc2ccc(OC)cc12.C=CC1CN2CCC1CC2[C@@H](O)c1ccnc2ccc(OC)cc12.Ic1cc2ccccc2c2ccccc12.[N-]=PI. The number of pyridine rings is 2. The van der Waals surface area contributed by atoms with Gasteiger partial charge in [0.05, 0.1) is 31.4 Å². The maximum absolute atomic E-state index is 11.2. The van der Waals surface area contributed by atoms with Crippen molar-refractivity contribution in [3.63, 3.8) is 0 Å². The second kappa shape index (κ2) is 23.5. The summed E-state index contributed by atoms with van der Waals surface area (Å²) in [6.07, 6.45) is 12.3. The third-order valence-corrected chi connectivity index (χ3v) is 15.6. The number of aliphatic hydroxyl groups excluding tert-OH is 1. The smallest absolute Gasteiger partial charge is 0.119 e. The van der Waals surface area contributed by atoms with Crippen molar-refractivity contribution in [3.8, 4) is 11.5 Å². The molecule has 13 rings (SSSR count). The summed E-state index contributed by atoms with van der Waals surface area (Å²) < 4.78 is 12.1. The average molecular weight is 1140 g/mol. The van der Waals surface area contributed by atoms with Crippen LogP contribution in [0.1, 0.15) is 63.2 Å². The minimum Gasteiger partial charge on any atom is -0.774 e. The Labute approximate surface area is 425 Å². The van der Waals surface area contributed by atoms with Crippen LogP contribution in [0.2, 0.25) is 0 Å². The number of aliphatic hydroxyl groups is 1. The number of aromatic nitrogens is 2. The van der Waals surface area contributed by atoms with Gasteiger partial charge in [0.2, 0.25) is 0 Å². The highest BCUT2D eigenvalue weighted by Gasteiger charge is 2.43. The molecule has 67 heavy (non-hydrogen) atoms. The molecule has 6 saturated heterocycles. The van der Waals surface area contributed by atoms with E-state index in [0.717, 1.165) is 58.9 Å². The van der Waals surface area contributed by atoms with Gasteiger partial charge in [-0.15, -0.1) is 13.2 Å². The number of nitrogens with zero attached hydrogens (tertiary/aromatic N) is 5. The molecule has 11 heteroatoms. The number of hydrogen-bond acceptors (Lipinski definition) is 7. The average Bonchev–Trinajstić information content (AvgIpc) is 3.38. The van der Waals surface area contributed by atoms with Crippen LogP contribution in [0.5, 0.6) is 11.5 Å². The highest BCUT2D eigenvalue weighted by atomic mass is 127. The fraction of sp³-hybridized carbons (Fsp3) is 0.357. The number of hydrogen-bond donors (Lipinski definition) is 1. The van der Waals surface area contributed by atoms with Gasteiger partial charge in [-0.3, -0.25) is 19.8 Å². The molecular weight excluding hydrogens is 1080 g/mol. The van der Waals surface area contributed by atoms with Gasteiger partial charge >= 0.3 is 0 Å². The van der Waals surface area contributed by atoms with E-state index in [4.69, 9.17) is 14.6 Å². The minimum absolute atomic E-state index is 0. The lowest BCUT2D eigenvalue weighted by Gasteiger charge is -2.51. The molecule has 10 atom stereocenters. The van der Waals surface area contributed by atoms with Crippen LogP contribution < -0.4 is 9.47 Å². The maximum atomic E-state index is 11.2. The maximum Gasteiger partial charge on any atom is 0.119 e. The summed E-state index contributed by atoms with van der Waals surface area (Å²) in [7, 11) is 3.39. The molecule has 8 unspecified atom stereocenters. The second-order valence-corrected chi connectivity index (χ2v) is 20.6. The van der Waals surface area contributed by atoms with E-state index in [1.165, 1.54) is 68.4 Å². The first-order valence-electron chi connectivity index (χ1n) is 23.0. The van der Waals surface area contributed by atoms with E-state index in [-0.39, 0.29) is 13.5 Å². The zero-order valence-electron chi connectivity index (χ0n) is 38.0. The number of ether oxygens (including phenoxy) is 2. The van der Waals surface area contributed by atoms with Crippen molar-refractivity contribution >= 4 is 94.0 Å². The van der Waals surface area contributed by atoms with Gasteiger partial charge in [0.1, 0.15) is 11.5 Å². The lowest BCUT2D eigenvalue weighted by Crippen LogP contribution is -2.54. The normalized spacial score (nSPS) is 24.4. The summed E-state index contributed by atoms with van der Waals surface area (Å²) in [6, 6.07) is 36.7. The molecule has 0 amide bonds. The largest absolute Gasteiger partial charge is 0.774 e. The highest BCUT2D eigenvalue weighted by molar-refractivity contribution is 14.2. The van der Waals surface area contributed by atoms with Crippen molar-refractivity contribution in [1.29, 1.82) is 0 Å². The minimum atomic E-state index is -0.504. The van der Waals surface area contributed by atoms with E-state index in [9.17, 15) is 5.11 Å². The van der Waals surface area contributed by atoms with Crippen LogP contribution in [0.15, 0.2) is 141 Å². The summed E-state index contributed by atoms with van der Waals surface area (Å²) in [4.78, 5) is 14.1. The molecule has 8 nitrogen and oxygen atoms in total. The molecule has 2 aromatic heterocycles. The lowest BCUT2D eigenvalue weighted by atomic mass is 9.71. The van der Waals surface area contributed by atoms with Gasteiger partial charge in [-0.1, -0.05) is 75.0 Å². The summed E-state index contributed by atoms with van der Waals surface area (Å²) >= 11 is 4.22. The van der Waals surface area contributed by atoms with Gasteiger partial charge < -0.3 is 19.7 Å². The predicted octanol–water partition coefficient (Wildman–Crippen LogP) is 14.7. The van der Waals surface area contributed by atoms with Crippen LogP contribution in [0.3, 0.4) is 0 Å². The Morgan fingerprint density at radius 1 is 0.701 bits per heavy atom. The number of fused-ring (bicyclic) bond motifs is 11. The first-order chi connectivity index (χ1) is 32.2. The molecular formula is C56H63I2N5O3P-. The molecule has 0 saturated carbocycles. The van der Waals surface area contributed by atoms with E-state index in [1.807, 2.05) is 58.6 Å². The fourth-order valence-electron chi connectivity index (χ4n) is 11.2. The third kappa shape index (κ3) is 11.1. The Kier molecular flexibility index (Phi) is 17.8. The molecule has 6 fully saturated rings. The molecule has 4 bridgehead atoms. The van der Waals surface area contributed by atoms with Gasteiger partial charge in [0.25, 0.3) is 0 Å². The summed E-state index contributed by atoms with van der Waals surface area (Å²) in [6.45, 7) is 14.9. The van der Waals surface area contributed by atoms with Crippen LogP contribution in [0, 0.1) is 27.2 Å². The number of piperidine rings is 6. The molecule has 6 aliphatic rings. The standard InChI is InChI=1S/C21H26N2O.C20H24N2O2.C14H9I.CH4.INP/c1-4-15-13-23-10-8-16(15)11-21(23)14(2)18-7-9-22-20-6-5-17(24-3)12-19(18)20;1-3-13-12-22-9-7-14(13)10-19(22)20(23)16-6-8-21-18-5-4-15(24-2)11-17(16)18;15-14-9-10-5-1-2-6-11(10)12-7-3-4-8-13(12)14;;1-3-2/h4-7,9,12,14-16,21H,1,8,10-11,13H2,2-3H3;3-6,8,11,13-14,19-20,23H,1,7,9-10,12H2,2H3;1-9H;1H4;/q;;;;-1/t14-,15?,16?,21?;13?,14?,19?,20-;;;/m00.../s1. The third-order valence-electron chi connectivity index (χ3n) is 14.7. The molecule has 6 aliphatic heterocycles. The van der Waals surface area contributed by atoms with Crippen molar-refractivity contribution in [2.24, 2.45) is 23.7 Å². The van der Waals surface area contributed by atoms with Crippen molar-refractivity contribution in [2.45, 2.75) is 64.1 Å². The van der Waals surface area contributed by atoms with Crippen molar-refractivity contribution in [1.82, 2.24) is 19.8 Å². The second-order valence-electron chi connectivity index (χ2n) is 18.0. The predicted molar refractivity (Wildman–Crippen MR) is 299 cm³/mol. The molecule has 8 heterocycles. The van der Waals surface area contributed by atoms with Gasteiger partial charge in [-0.2, -0.15) is 6.02 Å². The lowest BCUT2D eigenvalue weighted by molar-refractivity contribution is -0.0444. The van der Waals surface area contributed by atoms with E-state index in [2.05, 4.69) is 147 Å². The fourth-order valence-corrected chi connectivity index (χ4v) is 12.0. The number of halogens is 2. The van der Waals surface area contributed by atoms with E-state index in [1.54, 1.807) is 20.4 Å². The van der Waals surface area contributed by atoms with E-state index in [0.29, 0.717) is 35.7 Å². The Bertz CT molecular complexity index is 2700. The van der Waals surface area contributed by atoms with Gasteiger partial charge in [0.15, 0.2) is 0 Å². The molecule has 1 N–H and O–H groups in total. The summed E-state index contributed by atoms with van der Waals surface area (Å²) in [5.74, 6) is 4.89. The topological polar surface area (TPSA) is 93.2 Å². The van der Waals surface area contributed by atoms with Crippen LogP contribution in [-0.4, -0.2) is 77.4 Å². The monoisotopic (exact) mass is 1140 g/mol. The number of rotatable bonds is 8. The Morgan fingerprint density at radius 3 is 1.72 bits per heavy atom. The van der Waals surface area contributed by atoms with Gasteiger partial charge in [0, 0.05) is 51.9 Å². The van der Waals surface area contributed by atoms with Crippen molar-refractivity contribution in [2.75, 3.05) is 40.4 Å². The van der Waals surface area contributed by atoms with E-state index < -0.39 is 6.10 Å². The zero-order valence-corrected chi connectivity index (χ0v) is 43.2. The Balaban J connectivity index is 0.000000147. The van der Waals surface area contributed by atoms with Gasteiger partial charge in [-0.05, 0) is 200 Å². The van der Waals surface area contributed by atoms with Crippen LogP contribution >= 0.6 is 50.6 Å². The summed E-state index contributed by atoms with van der Waals surface area (Å²) in [5.41, 5.74) is 4.30. The molecule has 350 valence electrons. The van der Waals surface area contributed by atoms with Crippen LogP contribution in [0.25, 0.3) is 48.5 Å². The molecule has 0 spiro atoms. The molecule has 7 aromatic rings. The number of methoxy groups -OCH3 is 2. The molecule has 5 aromatic carbocycles. The van der Waals surface area contributed by atoms with E-state index >= 15 is 0 Å². The Morgan fingerprint density at radius 2 is 1.19 bits per heavy atom. The number of benzene rings is 5. The molecule has 0 radical (unpaired) electrons. The first kappa shape index (κ1) is 50.8.